The van der Waals surface area contributed by atoms with E-state index in [-0.39, 0.29) is 11.5 Å². The third-order valence-electron chi connectivity index (χ3n) is 2.79. The summed E-state index contributed by atoms with van der Waals surface area (Å²) in [4.78, 5) is 20.8. The number of hydrogen-bond acceptors (Lipinski definition) is 7. The van der Waals surface area contributed by atoms with Crippen molar-refractivity contribution >= 4 is 17.5 Å². The summed E-state index contributed by atoms with van der Waals surface area (Å²) in [5.74, 6) is 0.626. The zero-order valence-electron chi connectivity index (χ0n) is 11.7. The number of nitrogens with one attached hydrogen (secondary N) is 2. The molecule has 1 aromatic heterocycles. The molecule has 106 valence electrons. The Hall–Kier alpha value is -1.96. The zero-order valence-corrected chi connectivity index (χ0v) is 11.7. The molecule has 2 N–H and O–H groups in total. The summed E-state index contributed by atoms with van der Waals surface area (Å²) in [6.45, 7) is 5.95. The molecule has 0 saturated heterocycles. The average molecular weight is 268 g/mol. The van der Waals surface area contributed by atoms with Gasteiger partial charge in [-0.3, -0.25) is 10.1 Å². The third-order valence-corrected chi connectivity index (χ3v) is 2.79. The summed E-state index contributed by atoms with van der Waals surface area (Å²) in [5.41, 5.74) is 0.272. The van der Waals surface area contributed by atoms with Crippen LogP contribution in [0.3, 0.4) is 0 Å². The molecule has 0 aliphatic heterocycles. The molecule has 0 bridgehead atoms. The lowest BCUT2D eigenvalue weighted by molar-refractivity contribution is -0.385. The highest BCUT2D eigenvalue weighted by Gasteiger charge is 2.21. The van der Waals surface area contributed by atoms with Crippen LogP contribution >= 0.6 is 0 Å². The number of likely N-dealkylation sites (N-methyl/N-ethyl adjacent to an activating group) is 1. The fourth-order valence-electron chi connectivity index (χ4n) is 1.54. The van der Waals surface area contributed by atoms with Crippen molar-refractivity contribution in [1.82, 2.24) is 14.9 Å². The van der Waals surface area contributed by atoms with Crippen LogP contribution in [0, 0.1) is 17.0 Å². The first kappa shape index (κ1) is 15.1. The number of nitrogens with zero attached hydrogens (tertiary/aromatic N) is 4. The summed E-state index contributed by atoms with van der Waals surface area (Å²) >= 11 is 0. The van der Waals surface area contributed by atoms with Crippen molar-refractivity contribution in [1.29, 1.82) is 0 Å². The standard InChI is InChI=1S/C11H20N6O2/c1-5-16(4)7-6-13-10-9(17(18)19)8(2)14-11(12-3)15-10/h5-7H2,1-4H3,(H2,12,13,14,15). The molecule has 0 saturated carbocycles. The first-order chi connectivity index (χ1) is 8.99. The van der Waals surface area contributed by atoms with Gasteiger partial charge in [-0.05, 0) is 20.5 Å². The van der Waals surface area contributed by atoms with Crippen molar-refractivity contribution in [2.45, 2.75) is 13.8 Å². The molecule has 8 nitrogen and oxygen atoms in total. The van der Waals surface area contributed by atoms with E-state index in [4.69, 9.17) is 0 Å². The molecule has 19 heavy (non-hydrogen) atoms. The van der Waals surface area contributed by atoms with E-state index in [1.807, 2.05) is 7.05 Å². The molecule has 8 heteroatoms. The number of aromatic nitrogens is 2. The molecule has 1 rings (SSSR count). The Morgan fingerprint density at radius 2 is 2.11 bits per heavy atom. The zero-order chi connectivity index (χ0) is 14.4. The number of rotatable bonds is 7. The van der Waals surface area contributed by atoms with Gasteiger partial charge in [0.15, 0.2) is 0 Å². The minimum atomic E-state index is -0.458. The fraction of sp³-hybridized carbons (Fsp3) is 0.636. The first-order valence-electron chi connectivity index (χ1n) is 6.12. The number of nitro groups is 1. The Morgan fingerprint density at radius 3 is 2.63 bits per heavy atom. The lowest BCUT2D eigenvalue weighted by atomic mass is 10.3. The van der Waals surface area contributed by atoms with Crippen LogP contribution in [0.1, 0.15) is 12.6 Å². The van der Waals surface area contributed by atoms with E-state index in [0.717, 1.165) is 13.1 Å². The molecule has 0 radical (unpaired) electrons. The van der Waals surface area contributed by atoms with Crippen LogP contribution < -0.4 is 10.6 Å². The number of hydrogen-bond donors (Lipinski definition) is 2. The van der Waals surface area contributed by atoms with Crippen LogP contribution in [-0.2, 0) is 0 Å². The summed E-state index contributed by atoms with van der Waals surface area (Å²) in [5, 5.41) is 16.8. The van der Waals surface area contributed by atoms with E-state index < -0.39 is 4.92 Å². The fourth-order valence-corrected chi connectivity index (χ4v) is 1.54. The van der Waals surface area contributed by atoms with Gasteiger partial charge in [0.2, 0.25) is 11.8 Å². The van der Waals surface area contributed by atoms with Gasteiger partial charge in [0.1, 0.15) is 5.69 Å². The van der Waals surface area contributed by atoms with E-state index in [0.29, 0.717) is 18.2 Å². The van der Waals surface area contributed by atoms with Crippen LogP contribution in [0.4, 0.5) is 17.5 Å². The van der Waals surface area contributed by atoms with Gasteiger partial charge in [-0.15, -0.1) is 0 Å². The van der Waals surface area contributed by atoms with Crippen LogP contribution in [-0.4, -0.2) is 53.5 Å². The van der Waals surface area contributed by atoms with E-state index >= 15 is 0 Å². The van der Waals surface area contributed by atoms with Crippen molar-refractivity contribution in [3.05, 3.63) is 15.8 Å². The molecule has 0 unspecified atom stereocenters. The molecule has 0 aliphatic carbocycles. The predicted octanol–water partition coefficient (Wildman–Crippen LogP) is 1.10. The van der Waals surface area contributed by atoms with Gasteiger partial charge in [0, 0.05) is 20.1 Å². The molecule has 0 aliphatic rings. The van der Waals surface area contributed by atoms with Crippen molar-refractivity contribution in [2.24, 2.45) is 0 Å². The van der Waals surface area contributed by atoms with Gasteiger partial charge >= 0.3 is 5.69 Å². The minimum absolute atomic E-state index is 0.0712. The van der Waals surface area contributed by atoms with Crippen molar-refractivity contribution in [2.75, 3.05) is 44.4 Å². The van der Waals surface area contributed by atoms with E-state index in [9.17, 15) is 10.1 Å². The van der Waals surface area contributed by atoms with Crippen LogP contribution in [0.5, 0.6) is 0 Å². The quantitative estimate of drug-likeness (QED) is 0.564. The Labute approximate surface area is 112 Å². The second-order valence-electron chi connectivity index (χ2n) is 4.16. The topological polar surface area (TPSA) is 96.2 Å². The lowest BCUT2D eigenvalue weighted by Crippen LogP contribution is -2.25. The average Bonchev–Trinajstić information content (AvgIpc) is 2.37. The maximum absolute atomic E-state index is 11.1. The normalized spacial score (nSPS) is 10.6. The molecule has 0 spiro atoms. The highest BCUT2D eigenvalue weighted by atomic mass is 16.6. The van der Waals surface area contributed by atoms with Gasteiger partial charge in [0.05, 0.1) is 4.92 Å². The monoisotopic (exact) mass is 268 g/mol. The maximum atomic E-state index is 11.1. The Kier molecular flexibility index (Phi) is 5.43. The molecule has 0 atom stereocenters. The van der Waals surface area contributed by atoms with Gasteiger partial charge in [0.25, 0.3) is 0 Å². The van der Waals surface area contributed by atoms with Crippen LogP contribution in [0.2, 0.25) is 0 Å². The third kappa shape index (κ3) is 4.02. The first-order valence-corrected chi connectivity index (χ1v) is 6.12. The van der Waals surface area contributed by atoms with Crippen molar-refractivity contribution in [3.63, 3.8) is 0 Å². The molecule has 0 fully saturated rings. The van der Waals surface area contributed by atoms with Gasteiger partial charge < -0.3 is 15.5 Å². The largest absolute Gasteiger partial charge is 0.363 e. The molecule has 1 heterocycles. The van der Waals surface area contributed by atoms with E-state index in [1.165, 1.54) is 0 Å². The Bertz CT molecular complexity index is 451. The summed E-state index contributed by atoms with van der Waals surface area (Å²) in [6.07, 6.45) is 0. The maximum Gasteiger partial charge on any atom is 0.332 e. The molecular formula is C11H20N6O2. The van der Waals surface area contributed by atoms with E-state index in [1.54, 1.807) is 14.0 Å². The second kappa shape index (κ2) is 6.83. The highest BCUT2D eigenvalue weighted by molar-refractivity contribution is 5.60. The van der Waals surface area contributed by atoms with Crippen LogP contribution in [0.25, 0.3) is 0 Å². The van der Waals surface area contributed by atoms with Crippen molar-refractivity contribution < 1.29 is 4.92 Å². The van der Waals surface area contributed by atoms with Gasteiger partial charge in [-0.1, -0.05) is 6.92 Å². The minimum Gasteiger partial charge on any atom is -0.363 e. The smallest absolute Gasteiger partial charge is 0.332 e. The SMILES string of the molecule is CCN(C)CCNc1nc(NC)nc(C)c1[N+](=O)[O-]. The highest BCUT2D eigenvalue weighted by Crippen LogP contribution is 2.26. The summed E-state index contributed by atoms with van der Waals surface area (Å²) < 4.78 is 0. The molecule has 0 amide bonds. The molecule has 1 aromatic rings. The van der Waals surface area contributed by atoms with E-state index in [2.05, 4.69) is 32.4 Å². The van der Waals surface area contributed by atoms with Gasteiger partial charge in [-0.2, -0.15) is 4.98 Å². The Morgan fingerprint density at radius 1 is 1.42 bits per heavy atom. The summed E-state index contributed by atoms with van der Waals surface area (Å²) in [7, 11) is 3.66. The number of anilines is 2. The molecule has 0 aromatic carbocycles. The number of aryl methyl sites for hydroxylation is 1. The Balaban J connectivity index is 2.90. The second-order valence-corrected chi connectivity index (χ2v) is 4.16. The lowest BCUT2D eigenvalue weighted by Gasteiger charge is -2.14. The van der Waals surface area contributed by atoms with Gasteiger partial charge in [-0.25, -0.2) is 4.98 Å². The predicted molar refractivity (Wildman–Crippen MR) is 74.6 cm³/mol. The van der Waals surface area contributed by atoms with Crippen molar-refractivity contribution in [3.8, 4) is 0 Å². The summed E-state index contributed by atoms with van der Waals surface area (Å²) in [6, 6.07) is 0. The molecular weight excluding hydrogens is 248 g/mol. The van der Waals surface area contributed by atoms with Crippen LogP contribution in [0.15, 0.2) is 0 Å².